The molecule has 0 unspecified atom stereocenters. The number of fused-ring (bicyclic) bond motifs is 1. The van der Waals surface area contributed by atoms with Crippen LogP contribution >= 0.6 is 0 Å². The third kappa shape index (κ3) is 2.68. The van der Waals surface area contributed by atoms with Gasteiger partial charge in [-0.15, -0.1) is 0 Å². The van der Waals surface area contributed by atoms with E-state index in [1.54, 1.807) is 36.9 Å². The van der Waals surface area contributed by atoms with Crippen molar-refractivity contribution in [3.8, 4) is 0 Å². The molecule has 7 heteroatoms. The maximum atomic E-state index is 12.8. The van der Waals surface area contributed by atoms with E-state index >= 15 is 0 Å². The molecular formula is C17H17N3O4. The Morgan fingerprint density at radius 1 is 1.25 bits per heavy atom. The molecule has 2 heterocycles. The smallest absolute Gasteiger partial charge is 0.335 e. The lowest BCUT2D eigenvalue weighted by Gasteiger charge is -2.29. The van der Waals surface area contributed by atoms with Gasteiger partial charge in [0.2, 0.25) is 0 Å². The van der Waals surface area contributed by atoms with Crippen molar-refractivity contribution in [1.82, 2.24) is 15.1 Å². The van der Waals surface area contributed by atoms with E-state index in [4.69, 9.17) is 5.11 Å². The molecule has 2 aromatic rings. The Morgan fingerprint density at radius 2 is 2.00 bits per heavy atom. The summed E-state index contributed by atoms with van der Waals surface area (Å²) in [6, 6.07) is 4.95. The van der Waals surface area contributed by atoms with Crippen LogP contribution in [0.1, 0.15) is 43.1 Å². The minimum atomic E-state index is -1.00. The number of aromatic amines is 1. The molecule has 24 heavy (non-hydrogen) atoms. The molecule has 0 fully saturated rings. The molecule has 1 aliphatic rings. The van der Waals surface area contributed by atoms with Gasteiger partial charge in [0.15, 0.2) is 0 Å². The highest BCUT2D eigenvalue weighted by Gasteiger charge is 2.26. The number of carboxylic acids is 1. The van der Waals surface area contributed by atoms with E-state index in [0.29, 0.717) is 24.2 Å². The van der Waals surface area contributed by atoms with Gasteiger partial charge in [0.1, 0.15) is 5.56 Å². The second-order valence-corrected chi connectivity index (χ2v) is 5.90. The van der Waals surface area contributed by atoms with Crippen LogP contribution in [0.2, 0.25) is 0 Å². The second-order valence-electron chi connectivity index (χ2n) is 5.90. The number of hydrogen-bond donors (Lipinski definition) is 2. The van der Waals surface area contributed by atoms with Gasteiger partial charge < -0.3 is 10.0 Å². The van der Waals surface area contributed by atoms with E-state index in [1.165, 1.54) is 0 Å². The summed E-state index contributed by atoms with van der Waals surface area (Å²) in [5.74, 6) is -1.36. The van der Waals surface area contributed by atoms with E-state index in [-0.39, 0.29) is 23.6 Å². The summed E-state index contributed by atoms with van der Waals surface area (Å²) in [5, 5.41) is 15.3. The van der Waals surface area contributed by atoms with Crippen LogP contribution in [0.25, 0.3) is 0 Å². The van der Waals surface area contributed by atoms with Gasteiger partial charge in [-0.1, -0.05) is 6.07 Å². The Morgan fingerprint density at radius 3 is 2.71 bits per heavy atom. The summed E-state index contributed by atoms with van der Waals surface area (Å²) < 4.78 is 0. The molecule has 2 N–H and O–H groups in total. The zero-order valence-electron chi connectivity index (χ0n) is 13.4. The van der Waals surface area contributed by atoms with Crippen molar-refractivity contribution < 1.29 is 14.7 Å². The van der Waals surface area contributed by atoms with Crippen molar-refractivity contribution >= 4 is 11.9 Å². The van der Waals surface area contributed by atoms with Gasteiger partial charge in [-0.2, -0.15) is 5.10 Å². The Kier molecular flexibility index (Phi) is 3.92. The number of H-pyrrole nitrogens is 1. The lowest BCUT2D eigenvalue weighted by atomic mass is 9.96. The summed E-state index contributed by atoms with van der Waals surface area (Å²) in [4.78, 5) is 37.5. The van der Waals surface area contributed by atoms with Gasteiger partial charge >= 0.3 is 5.97 Å². The third-order valence-corrected chi connectivity index (χ3v) is 4.44. The predicted molar refractivity (Wildman–Crippen MR) is 86.2 cm³/mol. The van der Waals surface area contributed by atoms with Crippen LogP contribution < -0.4 is 5.56 Å². The zero-order valence-corrected chi connectivity index (χ0v) is 13.4. The number of carbonyl (C=O) groups excluding carboxylic acids is 1. The first-order valence-corrected chi connectivity index (χ1v) is 7.58. The number of nitrogens with zero attached hydrogens (tertiary/aromatic N) is 2. The molecule has 0 bridgehead atoms. The largest absolute Gasteiger partial charge is 0.478 e. The monoisotopic (exact) mass is 327 g/mol. The quantitative estimate of drug-likeness (QED) is 0.865. The molecule has 124 valence electrons. The first-order valence-electron chi connectivity index (χ1n) is 7.58. The molecule has 1 aliphatic heterocycles. The van der Waals surface area contributed by atoms with Crippen molar-refractivity contribution in [2.24, 2.45) is 0 Å². The Bertz CT molecular complexity index is 901. The number of hydrogen-bond acceptors (Lipinski definition) is 4. The molecule has 1 aromatic carbocycles. The van der Waals surface area contributed by atoms with Gasteiger partial charge in [-0.25, -0.2) is 9.89 Å². The number of aryl methyl sites for hydroxylation is 1. The summed E-state index contributed by atoms with van der Waals surface area (Å²) >= 11 is 0. The molecule has 0 saturated carbocycles. The van der Waals surface area contributed by atoms with Crippen LogP contribution in [-0.4, -0.2) is 38.6 Å². The SMILES string of the molecule is Cc1n[nH]c(=O)c(C(=O)N2CCc3ccc(C(=O)O)cc3C2)c1C. The average Bonchev–Trinajstić information content (AvgIpc) is 2.57. The van der Waals surface area contributed by atoms with Gasteiger partial charge in [-0.3, -0.25) is 9.59 Å². The topological polar surface area (TPSA) is 103 Å². The van der Waals surface area contributed by atoms with Crippen molar-refractivity contribution in [2.75, 3.05) is 6.54 Å². The fraction of sp³-hybridized carbons (Fsp3) is 0.294. The van der Waals surface area contributed by atoms with E-state index in [9.17, 15) is 14.4 Å². The summed E-state index contributed by atoms with van der Waals surface area (Å²) in [6.45, 7) is 4.20. The van der Waals surface area contributed by atoms with E-state index in [0.717, 1.165) is 11.1 Å². The maximum absolute atomic E-state index is 12.8. The molecule has 0 spiro atoms. The number of rotatable bonds is 2. The van der Waals surface area contributed by atoms with Crippen molar-refractivity contribution in [1.29, 1.82) is 0 Å². The van der Waals surface area contributed by atoms with Crippen molar-refractivity contribution in [2.45, 2.75) is 26.8 Å². The highest BCUT2D eigenvalue weighted by atomic mass is 16.4. The van der Waals surface area contributed by atoms with Crippen LogP contribution in [0.15, 0.2) is 23.0 Å². The minimum Gasteiger partial charge on any atom is -0.478 e. The van der Waals surface area contributed by atoms with Crippen LogP contribution in [0.5, 0.6) is 0 Å². The molecule has 1 amide bonds. The molecule has 0 radical (unpaired) electrons. The number of benzene rings is 1. The standard InChI is InChI=1S/C17H17N3O4/c1-9-10(2)18-19-15(21)14(9)16(22)20-6-5-11-3-4-12(17(23)24)7-13(11)8-20/h3-4,7H,5-6,8H2,1-2H3,(H,19,21)(H,23,24). The average molecular weight is 327 g/mol. The Hall–Kier alpha value is -2.96. The van der Waals surface area contributed by atoms with Crippen molar-refractivity contribution in [3.05, 3.63) is 62.1 Å². The molecule has 0 atom stereocenters. The molecular weight excluding hydrogens is 310 g/mol. The minimum absolute atomic E-state index is 0.0975. The van der Waals surface area contributed by atoms with Crippen LogP contribution in [0.3, 0.4) is 0 Å². The third-order valence-electron chi connectivity index (χ3n) is 4.44. The Labute approximate surface area is 137 Å². The maximum Gasteiger partial charge on any atom is 0.335 e. The van der Waals surface area contributed by atoms with Gasteiger partial charge in [-0.05, 0) is 49.1 Å². The summed E-state index contributed by atoms with van der Waals surface area (Å²) in [6.07, 6.45) is 0.627. The first-order chi connectivity index (χ1) is 11.4. The molecule has 0 aliphatic carbocycles. The van der Waals surface area contributed by atoms with E-state index in [1.807, 2.05) is 0 Å². The molecule has 3 rings (SSSR count). The van der Waals surface area contributed by atoms with Crippen LogP contribution in [-0.2, 0) is 13.0 Å². The lowest BCUT2D eigenvalue weighted by molar-refractivity contribution is 0.0696. The fourth-order valence-electron chi connectivity index (χ4n) is 2.90. The molecule has 7 nitrogen and oxygen atoms in total. The summed E-state index contributed by atoms with van der Waals surface area (Å²) in [5.41, 5.74) is 2.78. The number of nitrogens with one attached hydrogen (secondary N) is 1. The fourth-order valence-corrected chi connectivity index (χ4v) is 2.90. The van der Waals surface area contributed by atoms with Crippen LogP contribution in [0, 0.1) is 13.8 Å². The number of aromatic carboxylic acids is 1. The molecule has 0 saturated heterocycles. The van der Waals surface area contributed by atoms with Gasteiger partial charge in [0, 0.05) is 13.1 Å². The lowest BCUT2D eigenvalue weighted by Crippen LogP contribution is -2.39. The highest BCUT2D eigenvalue weighted by Crippen LogP contribution is 2.22. The highest BCUT2D eigenvalue weighted by molar-refractivity contribution is 5.95. The van der Waals surface area contributed by atoms with Crippen LogP contribution in [0.4, 0.5) is 0 Å². The number of carbonyl (C=O) groups is 2. The molecule has 1 aromatic heterocycles. The van der Waals surface area contributed by atoms with E-state index in [2.05, 4.69) is 10.2 Å². The summed E-state index contributed by atoms with van der Waals surface area (Å²) in [7, 11) is 0. The predicted octanol–water partition coefficient (Wildman–Crippen LogP) is 1.28. The number of aromatic nitrogens is 2. The second kappa shape index (κ2) is 5.92. The Balaban J connectivity index is 1.94. The van der Waals surface area contributed by atoms with Crippen molar-refractivity contribution in [3.63, 3.8) is 0 Å². The number of amides is 1. The van der Waals surface area contributed by atoms with E-state index < -0.39 is 11.5 Å². The van der Waals surface area contributed by atoms with Gasteiger partial charge in [0.05, 0.1) is 11.3 Å². The zero-order chi connectivity index (χ0) is 17.4. The first kappa shape index (κ1) is 15.9. The normalized spacial score (nSPS) is 13.5. The number of carboxylic acid groups (broad SMARTS) is 1. The van der Waals surface area contributed by atoms with Gasteiger partial charge in [0.25, 0.3) is 11.5 Å².